The monoisotopic (exact) mass is 251 g/mol. The maximum Gasteiger partial charge on any atom is 0.133 e. The fourth-order valence-electron chi connectivity index (χ4n) is 2.57. The third-order valence-electron chi connectivity index (χ3n) is 3.59. The predicted molar refractivity (Wildman–Crippen MR) is 72.7 cm³/mol. The molecular formula is C15H25NO2. The molecule has 3 nitrogen and oxygen atoms in total. The van der Waals surface area contributed by atoms with Gasteiger partial charge < -0.3 is 14.5 Å². The van der Waals surface area contributed by atoms with Gasteiger partial charge in [-0.2, -0.15) is 0 Å². The minimum absolute atomic E-state index is 0.142. The highest BCUT2D eigenvalue weighted by Gasteiger charge is 2.29. The number of rotatable bonds is 6. The largest absolute Gasteiger partial charge is 0.463 e. The van der Waals surface area contributed by atoms with Crippen LogP contribution in [0.5, 0.6) is 0 Å². The van der Waals surface area contributed by atoms with Gasteiger partial charge in [0.05, 0.1) is 0 Å². The van der Waals surface area contributed by atoms with Crippen LogP contribution >= 0.6 is 0 Å². The highest BCUT2D eigenvalue weighted by molar-refractivity contribution is 5.11. The van der Waals surface area contributed by atoms with Gasteiger partial charge in [-0.3, -0.25) is 0 Å². The molecule has 2 heterocycles. The molecule has 0 bridgehead atoms. The van der Waals surface area contributed by atoms with Crippen LogP contribution in [0, 0.1) is 5.92 Å². The highest BCUT2D eigenvalue weighted by atomic mass is 16.5. The molecule has 1 fully saturated rings. The summed E-state index contributed by atoms with van der Waals surface area (Å²) in [4.78, 5) is 0. The Morgan fingerprint density at radius 2 is 2.22 bits per heavy atom. The summed E-state index contributed by atoms with van der Waals surface area (Å²) in [7, 11) is 0. The predicted octanol–water partition coefficient (Wildman–Crippen LogP) is 3.31. The second kappa shape index (κ2) is 6.95. The van der Waals surface area contributed by atoms with Gasteiger partial charge in [0.1, 0.15) is 17.6 Å². The summed E-state index contributed by atoms with van der Waals surface area (Å²) in [6.45, 7) is 7.28. The van der Waals surface area contributed by atoms with Crippen molar-refractivity contribution in [1.82, 2.24) is 5.32 Å². The van der Waals surface area contributed by atoms with E-state index < -0.39 is 0 Å². The number of aryl methyl sites for hydroxylation is 1. The SMILES string of the molecule is CCCNCC1CCCOC1c1ccc(CC)o1. The van der Waals surface area contributed by atoms with Gasteiger partial charge in [-0.1, -0.05) is 13.8 Å². The molecule has 0 amide bonds. The van der Waals surface area contributed by atoms with E-state index in [0.717, 1.165) is 44.1 Å². The Labute approximate surface area is 110 Å². The molecule has 0 aliphatic carbocycles. The van der Waals surface area contributed by atoms with Crippen LogP contribution in [0.1, 0.15) is 50.7 Å². The topological polar surface area (TPSA) is 34.4 Å². The van der Waals surface area contributed by atoms with E-state index in [9.17, 15) is 0 Å². The highest BCUT2D eigenvalue weighted by Crippen LogP contribution is 2.34. The molecular weight excluding hydrogens is 226 g/mol. The number of hydrogen-bond donors (Lipinski definition) is 1. The van der Waals surface area contributed by atoms with Crippen LogP contribution in [-0.2, 0) is 11.2 Å². The lowest BCUT2D eigenvalue weighted by atomic mass is 9.92. The van der Waals surface area contributed by atoms with Crippen LogP contribution in [0.4, 0.5) is 0 Å². The van der Waals surface area contributed by atoms with E-state index in [1.54, 1.807) is 0 Å². The van der Waals surface area contributed by atoms with Gasteiger partial charge in [0.2, 0.25) is 0 Å². The summed E-state index contributed by atoms with van der Waals surface area (Å²) in [5, 5.41) is 3.50. The van der Waals surface area contributed by atoms with Crippen molar-refractivity contribution in [3.8, 4) is 0 Å². The first-order valence-corrected chi connectivity index (χ1v) is 7.26. The minimum Gasteiger partial charge on any atom is -0.463 e. The first kappa shape index (κ1) is 13.6. The molecule has 1 aromatic heterocycles. The second-order valence-corrected chi connectivity index (χ2v) is 5.06. The molecule has 1 aliphatic heterocycles. The summed E-state index contributed by atoms with van der Waals surface area (Å²) in [6.07, 6.45) is 4.66. The molecule has 1 aliphatic rings. The molecule has 0 radical (unpaired) electrons. The molecule has 0 spiro atoms. The first-order chi connectivity index (χ1) is 8.85. The zero-order chi connectivity index (χ0) is 12.8. The lowest BCUT2D eigenvalue weighted by Gasteiger charge is -2.30. The Bertz CT molecular complexity index is 348. The van der Waals surface area contributed by atoms with Crippen molar-refractivity contribution >= 4 is 0 Å². The molecule has 1 N–H and O–H groups in total. The fourth-order valence-corrected chi connectivity index (χ4v) is 2.57. The second-order valence-electron chi connectivity index (χ2n) is 5.06. The zero-order valence-electron chi connectivity index (χ0n) is 11.6. The minimum atomic E-state index is 0.142. The Kier molecular flexibility index (Phi) is 5.26. The summed E-state index contributed by atoms with van der Waals surface area (Å²) < 4.78 is 11.8. The molecule has 2 rings (SSSR count). The van der Waals surface area contributed by atoms with Crippen molar-refractivity contribution in [1.29, 1.82) is 0 Å². The molecule has 2 atom stereocenters. The lowest BCUT2D eigenvalue weighted by molar-refractivity contribution is -0.0399. The van der Waals surface area contributed by atoms with E-state index in [1.165, 1.54) is 12.8 Å². The van der Waals surface area contributed by atoms with E-state index in [0.29, 0.717) is 5.92 Å². The fraction of sp³-hybridized carbons (Fsp3) is 0.733. The molecule has 102 valence electrons. The van der Waals surface area contributed by atoms with Gasteiger partial charge in [-0.05, 0) is 37.9 Å². The Morgan fingerprint density at radius 3 is 2.94 bits per heavy atom. The van der Waals surface area contributed by atoms with Crippen molar-refractivity contribution in [3.63, 3.8) is 0 Å². The lowest BCUT2D eigenvalue weighted by Crippen LogP contribution is -2.32. The normalized spacial score (nSPS) is 24.3. The Balaban J connectivity index is 1.98. The third kappa shape index (κ3) is 3.36. The van der Waals surface area contributed by atoms with Crippen molar-refractivity contribution in [2.45, 2.75) is 45.6 Å². The van der Waals surface area contributed by atoms with Crippen LogP contribution in [0.2, 0.25) is 0 Å². The first-order valence-electron chi connectivity index (χ1n) is 7.26. The average Bonchev–Trinajstić information content (AvgIpc) is 2.88. The van der Waals surface area contributed by atoms with Crippen molar-refractivity contribution in [2.24, 2.45) is 5.92 Å². The van der Waals surface area contributed by atoms with Crippen LogP contribution in [0.25, 0.3) is 0 Å². The molecule has 1 aromatic rings. The Morgan fingerprint density at radius 1 is 1.33 bits per heavy atom. The Hall–Kier alpha value is -0.800. The van der Waals surface area contributed by atoms with E-state index in [1.807, 2.05) is 0 Å². The molecule has 1 saturated heterocycles. The number of hydrogen-bond acceptors (Lipinski definition) is 3. The maximum atomic E-state index is 5.93. The van der Waals surface area contributed by atoms with E-state index in [-0.39, 0.29) is 6.10 Å². The van der Waals surface area contributed by atoms with Gasteiger partial charge in [0.25, 0.3) is 0 Å². The standard InChI is InChI=1S/C15H25NO2/c1-3-9-16-11-12-6-5-10-17-15(12)14-8-7-13(4-2)18-14/h7-8,12,15-16H,3-6,9-11H2,1-2H3. The summed E-state index contributed by atoms with van der Waals surface area (Å²) >= 11 is 0. The quantitative estimate of drug-likeness (QED) is 0.788. The van der Waals surface area contributed by atoms with Crippen molar-refractivity contribution < 1.29 is 9.15 Å². The van der Waals surface area contributed by atoms with E-state index >= 15 is 0 Å². The van der Waals surface area contributed by atoms with Crippen molar-refractivity contribution in [3.05, 3.63) is 23.7 Å². The smallest absolute Gasteiger partial charge is 0.133 e. The van der Waals surface area contributed by atoms with Crippen molar-refractivity contribution in [2.75, 3.05) is 19.7 Å². The number of nitrogens with one attached hydrogen (secondary N) is 1. The van der Waals surface area contributed by atoms with Crippen LogP contribution in [-0.4, -0.2) is 19.7 Å². The van der Waals surface area contributed by atoms with Gasteiger partial charge in [-0.15, -0.1) is 0 Å². The van der Waals surface area contributed by atoms with E-state index in [2.05, 4.69) is 31.3 Å². The summed E-state index contributed by atoms with van der Waals surface area (Å²) in [5.74, 6) is 2.61. The van der Waals surface area contributed by atoms with E-state index in [4.69, 9.17) is 9.15 Å². The molecule has 0 aromatic carbocycles. The van der Waals surface area contributed by atoms with Gasteiger partial charge in [0, 0.05) is 25.5 Å². The summed E-state index contributed by atoms with van der Waals surface area (Å²) in [5.41, 5.74) is 0. The van der Waals surface area contributed by atoms with Gasteiger partial charge >= 0.3 is 0 Å². The van der Waals surface area contributed by atoms with Gasteiger partial charge in [0.15, 0.2) is 0 Å². The molecule has 0 saturated carbocycles. The third-order valence-corrected chi connectivity index (χ3v) is 3.59. The zero-order valence-corrected chi connectivity index (χ0v) is 11.6. The maximum absolute atomic E-state index is 5.93. The molecule has 3 heteroatoms. The van der Waals surface area contributed by atoms with Gasteiger partial charge in [-0.25, -0.2) is 0 Å². The van der Waals surface area contributed by atoms with Crippen LogP contribution in [0.15, 0.2) is 16.5 Å². The van der Waals surface area contributed by atoms with Crippen LogP contribution < -0.4 is 5.32 Å². The molecule has 18 heavy (non-hydrogen) atoms. The average molecular weight is 251 g/mol. The summed E-state index contributed by atoms with van der Waals surface area (Å²) in [6, 6.07) is 4.16. The van der Waals surface area contributed by atoms with Crippen LogP contribution in [0.3, 0.4) is 0 Å². The molecule has 2 unspecified atom stereocenters. The number of ether oxygens (including phenoxy) is 1. The number of furan rings is 1.